The summed E-state index contributed by atoms with van der Waals surface area (Å²) in [5.74, 6) is 0. The van der Waals surface area contributed by atoms with Gasteiger partial charge >= 0.3 is 0 Å². The Kier molecular flexibility index (Phi) is 1.39. The molecule has 0 fully saturated rings. The Morgan fingerprint density at radius 1 is 1.67 bits per heavy atom. The molecule has 9 heavy (non-hydrogen) atoms. The van der Waals surface area contributed by atoms with Gasteiger partial charge in [0.15, 0.2) is 0 Å². The quantitative estimate of drug-likeness (QED) is 0.509. The van der Waals surface area contributed by atoms with Crippen LogP contribution in [0.5, 0.6) is 0 Å². The Labute approximate surface area is 55.7 Å². The van der Waals surface area contributed by atoms with Crippen molar-refractivity contribution < 1.29 is 0 Å². The van der Waals surface area contributed by atoms with Crippen molar-refractivity contribution in [3.63, 3.8) is 0 Å². The zero-order chi connectivity index (χ0) is 6.91. The lowest BCUT2D eigenvalue weighted by atomic mass is 9.85. The van der Waals surface area contributed by atoms with E-state index in [0.29, 0.717) is 0 Å². The van der Waals surface area contributed by atoms with Gasteiger partial charge in [-0.1, -0.05) is 6.92 Å². The van der Waals surface area contributed by atoms with Crippen LogP contribution in [-0.4, -0.2) is 11.9 Å². The minimum absolute atomic E-state index is 0.153. The molecule has 1 rings (SSSR count). The molecule has 1 aliphatic rings. The third-order valence-electron chi connectivity index (χ3n) is 2.11. The second kappa shape index (κ2) is 1.94. The Bertz CT molecular complexity index is 170. The predicted octanol–water partition coefficient (Wildman–Crippen LogP) is 1.86. The van der Waals surface area contributed by atoms with Crippen LogP contribution in [0.25, 0.3) is 0 Å². The molecular weight excluding hydrogens is 112 g/mol. The van der Waals surface area contributed by atoms with Crippen LogP contribution < -0.4 is 0 Å². The number of hydrogen-bond donors (Lipinski definition) is 0. The summed E-state index contributed by atoms with van der Waals surface area (Å²) in [5, 5.41) is 7.80. The van der Waals surface area contributed by atoms with Gasteiger partial charge in [0, 0.05) is 17.3 Å². The highest BCUT2D eigenvalue weighted by molar-refractivity contribution is 6.03. The Hall–Kier alpha value is -0.660. The fourth-order valence-electron chi connectivity index (χ4n) is 0.798. The van der Waals surface area contributed by atoms with Crippen LogP contribution in [0.2, 0.25) is 0 Å². The normalized spacial score (nSPS) is 33.0. The molecule has 0 aromatic carbocycles. The molecule has 0 unspecified atom stereocenters. The summed E-state index contributed by atoms with van der Waals surface area (Å²) in [6.07, 6.45) is 3.01. The van der Waals surface area contributed by atoms with Crippen LogP contribution >= 0.6 is 0 Å². The van der Waals surface area contributed by atoms with E-state index in [4.69, 9.17) is 0 Å². The molecule has 0 amide bonds. The van der Waals surface area contributed by atoms with E-state index in [9.17, 15) is 0 Å². The molecule has 50 valence electrons. The largest absolute Gasteiger partial charge is 0.163 e. The van der Waals surface area contributed by atoms with E-state index in [1.165, 1.54) is 0 Å². The van der Waals surface area contributed by atoms with E-state index in [1.807, 2.05) is 13.1 Å². The SMILES string of the molecule is CC[C@@]1(C)C=NN=C1C. The van der Waals surface area contributed by atoms with Crippen molar-refractivity contribution in [2.24, 2.45) is 15.6 Å². The Balaban J connectivity index is 2.82. The highest BCUT2D eigenvalue weighted by Gasteiger charge is 2.26. The van der Waals surface area contributed by atoms with E-state index in [0.717, 1.165) is 12.1 Å². The zero-order valence-electron chi connectivity index (χ0n) is 6.18. The summed E-state index contributed by atoms with van der Waals surface area (Å²) in [4.78, 5) is 0. The maximum Gasteiger partial charge on any atom is 0.0487 e. The molecule has 0 aromatic heterocycles. The average molecular weight is 124 g/mol. The first-order chi connectivity index (χ1) is 4.19. The topological polar surface area (TPSA) is 24.7 Å². The van der Waals surface area contributed by atoms with Crippen molar-refractivity contribution in [2.75, 3.05) is 0 Å². The van der Waals surface area contributed by atoms with Crippen LogP contribution in [0.1, 0.15) is 27.2 Å². The lowest BCUT2D eigenvalue weighted by Crippen LogP contribution is -2.22. The molecule has 0 radical (unpaired) electrons. The standard InChI is InChI=1S/C7H12N2/c1-4-7(3)5-8-9-6(7)2/h5H,4H2,1-3H3/t7-/m0/s1. The fraction of sp³-hybridized carbons (Fsp3) is 0.714. The lowest BCUT2D eigenvalue weighted by Gasteiger charge is -2.16. The maximum absolute atomic E-state index is 3.95. The summed E-state index contributed by atoms with van der Waals surface area (Å²) in [6.45, 7) is 6.33. The van der Waals surface area contributed by atoms with Gasteiger partial charge in [0.1, 0.15) is 0 Å². The van der Waals surface area contributed by atoms with Gasteiger partial charge in [0.05, 0.1) is 0 Å². The first-order valence-corrected chi connectivity index (χ1v) is 3.28. The van der Waals surface area contributed by atoms with Crippen LogP contribution in [0.4, 0.5) is 0 Å². The monoisotopic (exact) mass is 124 g/mol. The highest BCUT2D eigenvalue weighted by atomic mass is 15.2. The van der Waals surface area contributed by atoms with Crippen molar-refractivity contribution in [2.45, 2.75) is 27.2 Å². The predicted molar refractivity (Wildman–Crippen MR) is 40.0 cm³/mol. The molecule has 0 aliphatic carbocycles. The zero-order valence-corrected chi connectivity index (χ0v) is 6.18. The smallest absolute Gasteiger partial charge is 0.0487 e. The van der Waals surface area contributed by atoms with Crippen LogP contribution in [-0.2, 0) is 0 Å². The molecule has 2 nitrogen and oxygen atoms in total. The number of nitrogens with zero attached hydrogens (tertiary/aromatic N) is 2. The maximum atomic E-state index is 3.95. The van der Waals surface area contributed by atoms with Crippen molar-refractivity contribution in [1.29, 1.82) is 0 Å². The van der Waals surface area contributed by atoms with Crippen molar-refractivity contribution in [3.05, 3.63) is 0 Å². The van der Waals surface area contributed by atoms with Gasteiger partial charge in [-0.05, 0) is 20.3 Å². The summed E-state index contributed by atoms with van der Waals surface area (Å²) in [7, 11) is 0. The number of rotatable bonds is 1. The molecule has 1 atom stereocenters. The molecule has 1 aliphatic heterocycles. The molecule has 0 saturated heterocycles. The molecule has 0 aromatic rings. The molecular formula is C7H12N2. The van der Waals surface area contributed by atoms with Gasteiger partial charge in [-0.2, -0.15) is 10.2 Å². The molecule has 0 bridgehead atoms. The van der Waals surface area contributed by atoms with Gasteiger partial charge in [-0.25, -0.2) is 0 Å². The third-order valence-corrected chi connectivity index (χ3v) is 2.11. The Morgan fingerprint density at radius 2 is 2.33 bits per heavy atom. The summed E-state index contributed by atoms with van der Waals surface area (Å²) >= 11 is 0. The first kappa shape index (κ1) is 6.46. The highest BCUT2D eigenvalue weighted by Crippen LogP contribution is 2.24. The van der Waals surface area contributed by atoms with Gasteiger partial charge in [0.2, 0.25) is 0 Å². The number of hydrogen-bond acceptors (Lipinski definition) is 2. The van der Waals surface area contributed by atoms with E-state index in [-0.39, 0.29) is 5.41 Å². The Morgan fingerprint density at radius 3 is 2.56 bits per heavy atom. The minimum Gasteiger partial charge on any atom is -0.163 e. The van der Waals surface area contributed by atoms with E-state index < -0.39 is 0 Å². The van der Waals surface area contributed by atoms with E-state index >= 15 is 0 Å². The summed E-state index contributed by atoms with van der Waals surface area (Å²) in [5.41, 5.74) is 1.28. The second-order valence-corrected chi connectivity index (χ2v) is 2.70. The van der Waals surface area contributed by atoms with Crippen LogP contribution in [0.15, 0.2) is 10.2 Å². The van der Waals surface area contributed by atoms with Gasteiger partial charge in [-0.3, -0.25) is 0 Å². The molecule has 0 spiro atoms. The lowest BCUT2D eigenvalue weighted by molar-refractivity contribution is 0.636. The first-order valence-electron chi connectivity index (χ1n) is 3.28. The minimum atomic E-state index is 0.153. The van der Waals surface area contributed by atoms with Crippen LogP contribution in [0, 0.1) is 5.41 Å². The second-order valence-electron chi connectivity index (χ2n) is 2.70. The van der Waals surface area contributed by atoms with Gasteiger partial charge in [-0.15, -0.1) is 0 Å². The molecule has 0 saturated carbocycles. The van der Waals surface area contributed by atoms with Crippen molar-refractivity contribution >= 4 is 11.9 Å². The molecule has 2 heteroatoms. The van der Waals surface area contributed by atoms with Gasteiger partial charge in [0.25, 0.3) is 0 Å². The average Bonchev–Trinajstić information content (AvgIpc) is 2.15. The van der Waals surface area contributed by atoms with Crippen molar-refractivity contribution in [3.8, 4) is 0 Å². The fourth-order valence-corrected chi connectivity index (χ4v) is 0.798. The van der Waals surface area contributed by atoms with Crippen molar-refractivity contribution in [1.82, 2.24) is 0 Å². The molecule has 1 heterocycles. The van der Waals surface area contributed by atoms with E-state index in [2.05, 4.69) is 24.1 Å². The van der Waals surface area contributed by atoms with Crippen LogP contribution in [0.3, 0.4) is 0 Å². The van der Waals surface area contributed by atoms with Gasteiger partial charge < -0.3 is 0 Å². The summed E-state index contributed by atoms with van der Waals surface area (Å²) in [6, 6.07) is 0. The third kappa shape index (κ3) is 0.889. The van der Waals surface area contributed by atoms with E-state index in [1.54, 1.807) is 0 Å². The summed E-state index contributed by atoms with van der Waals surface area (Å²) < 4.78 is 0. The molecule has 0 N–H and O–H groups in total.